The van der Waals surface area contributed by atoms with Gasteiger partial charge in [-0.2, -0.15) is 0 Å². The normalized spacial score (nSPS) is 54.3. The second-order valence-corrected chi connectivity index (χ2v) is 7.25. The van der Waals surface area contributed by atoms with Crippen LogP contribution < -0.4 is 11.5 Å². The summed E-state index contributed by atoms with van der Waals surface area (Å²) in [6.07, 6.45) is -0.307. The molecule has 7 atom stereocenters. The molecule has 0 saturated carbocycles. The number of fused-ring (bicyclic) bond motifs is 2. The summed E-state index contributed by atoms with van der Waals surface area (Å²) in [5, 5.41) is 0. The van der Waals surface area contributed by atoms with Gasteiger partial charge in [0.05, 0.1) is 18.8 Å². The van der Waals surface area contributed by atoms with Crippen LogP contribution in [0.4, 0.5) is 4.39 Å². The first kappa shape index (κ1) is 14.7. The van der Waals surface area contributed by atoms with Gasteiger partial charge in [0.15, 0.2) is 0 Å². The van der Waals surface area contributed by atoms with Gasteiger partial charge in [-0.05, 0) is 27.4 Å². The van der Waals surface area contributed by atoms with E-state index in [1.54, 1.807) is 0 Å². The summed E-state index contributed by atoms with van der Waals surface area (Å²) >= 11 is 0. The predicted octanol–water partition coefficient (Wildman–Crippen LogP) is -0.598. The molecular weight excluding hydrogens is 259 g/mol. The average molecular weight is 286 g/mol. The van der Waals surface area contributed by atoms with Crippen molar-refractivity contribution in [2.24, 2.45) is 17.4 Å². The zero-order valence-corrected chi connectivity index (χ0v) is 12.6. The molecule has 0 amide bonds. The predicted molar refractivity (Wildman–Crippen MR) is 76.1 cm³/mol. The lowest BCUT2D eigenvalue weighted by Gasteiger charge is -2.52. The molecule has 0 radical (unpaired) electrons. The maximum atomic E-state index is 14.1. The lowest BCUT2D eigenvalue weighted by atomic mass is 9.77. The molecule has 4 unspecified atom stereocenters. The van der Waals surface area contributed by atoms with Crippen LogP contribution in [0.2, 0.25) is 0 Å². The Labute approximate surface area is 120 Å². The van der Waals surface area contributed by atoms with E-state index in [1.807, 2.05) is 14.0 Å². The SMILES string of the molecule is CN1CC(F)C(C)(N)CC1C1[C@H]2OC[C@@H](CN1C)[C@H]2N. The molecule has 0 aliphatic carbocycles. The quantitative estimate of drug-likeness (QED) is 0.674. The number of likely N-dealkylation sites (N-methyl/N-ethyl adjacent to an activating group) is 2. The Balaban J connectivity index is 1.83. The number of ether oxygens (including phenoxy) is 1. The Morgan fingerprint density at radius 1 is 1.25 bits per heavy atom. The van der Waals surface area contributed by atoms with E-state index in [0.29, 0.717) is 18.9 Å². The Morgan fingerprint density at radius 2 is 1.95 bits per heavy atom. The van der Waals surface area contributed by atoms with Gasteiger partial charge >= 0.3 is 0 Å². The van der Waals surface area contributed by atoms with E-state index in [0.717, 1.165) is 13.2 Å². The van der Waals surface area contributed by atoms with Gasteiger partial charge in [0, 0.05) is 36.6 Å². The van der Waals surface area contributed by atoms with E-state index in [2.05, 4.69) is 16.8 Å². The first-order chi connectivity index (χ1) is 9.31. The van der Waals surface area contributed by atoms with Crippen molar-refractivity contribution in [3.05, 3.63) is 0 Å². The van der Waals surface area contributed by atoms with E-state index < -0.39 is 11.7 Å². The van der Waals surface area contributed by atoms with Crippen LogP contribution in [0.1, 0.15) is 13.3 Å². The van der Waals surface area contributed by atoms with Crippen molar-refractivity contribution < 1.29 is 9.13 Å². The van der Waals surface area contributed by atoms with E-state index in [-0.39, 0.29) is 24.2 Å². The number of likely N-dealkylation sites (tertiary alicyclic amines) is 2. The molecule has 0 aromatic carbocycles. The summed E-state index contributed by atoms with van der Waals surface area (Å²) in [7, 11) is 4.10. The average Bonchev–Trinajstić information content (AvgIpc) is 2.59. The van der Waals surface area contributed by atoms with Gasteiger partial charge in [-0.3, -0.25) is 9.80 Å². The molecular formula is C14H27FN4O. The fraction of sp³-hybridized carbons (Fsp3) is 1.00. The highest BCUT2D eigenvalue weighted by Crippen LogP contribution is 2.37. The topological polar surface area (TPSA) is 67.8 Å². The molecule has 4 N–H and O–H groups in total. The van der Waals surface area contributed by atoms with Crippen molar-refractivity contribution >= 4 is 0 Å². The second-order valence-electron chi connectivity index (χ2n) is 7.25. The van der Waals surface area contributed by atoms with Crippen molar-refractivity contribution in [2.75, 3.05) is 33.8 Å². The summed E-state index contributed by atoms with van der Waals surface area (Å²) in [4.78, 5) is 4.43. The van der Waals surface area contributed by atoms with Crippen LogP contribution in [-0.2, 0) is 4.74 Å². The van der Waals surface area contributed by atoms with E-state index >= 15 is 0 Å². The molecule has 2 bridgehead atoms. The monoisotopic (exact) mass is 286 g/mol. The molecule has 3 rings (SSSR count). The third-order valence-electron chi connectivity index (χ3n) is 5.57. The van der Waals surface area contributed by atoms with Crippen LogP contribution in [0.3, 0.4) is 0 Å². The lowest BCUT2D eigenvalue weighted by molar-refractivity contribution is -0.0503. The Kier molecular flexibility index (Phi) is 3.58. The molecule has 3 aliphatic rings. The fourth-order valence-electron chi connectivity index (χ4n) is 4.19. The van der Waals surface area contributed by atoms with Gasteiger partial charge in [0.25, 0.3) is 0 Å². The maximum absolute atomic E-state index is 14.1. The largest absolute Gasteiger partial charge is 0.374 e. The Bertz CT molecular complexity index is 380. The molecule has 3 heterocycles. The van der Waals surface area contributed by atoms with Crippen LogP contribution in [0.5, 0.6) is 0 Å². The van der Waals surface area contributed by atoms with Gasteiger partial charge in [-0.1, -0.05) is 0 Å². The number of piperidine rings is 2. The van der Waals surface area contributed by atoms with Crippen molar-refractivity contribution in [3.8, 4) is 0 Å². The van der Waals surface area contributed by atoms with Crippen LogP contribution in [0.25, 0.3) is 0 Å². The van der Waals surface area contributed by atoms with Crippen LogP contribution in [0.15, 0.2) is 0 Å². The van der Waals surface area contributed by atoms with E-state index in [1.165, 1.54) is 0 Å². The van der Waals surface area contributed by atoms with Crippen LogP contribution in [-0.4, -0.2) is 79.5 Å². The van der Waals surface area contributed by atoms with Crippen molar-refractivity contribution in [3.63, 3.8) is 0 Å². The smallest absolute Gasteiger partial charge is 0.130 e. The first-order valence-electron chi connectivity index (χ1n) is 7.52. The molecule has 0 spiro atoms. The molecule has 0 aromatic rings. The minimum Gasteiger partial charge on any atom is -0.374 e. The molecule has 20 heavy (non-hydrogen) atoms. The zero-order valence-electron chi connectivity index (χ0n) is 12.6. The van der Waals surface area contributed by atoms with E-state index in [4.69, 9.17) is 16.2 Å². The third kappa shape index (κ3) is 2.18. The highest BCUT2D eigenvalue weighted by atomic mass is 19.1. The maximum Gasteiger partial charge on any atom is 0.130 e. The summed E-state index contributed by atoms with van der Waals surface area (Å²) in [5.41, 5.74) is 11.7. The molecule has 3 saturated heterocycles. The van der Waals surface area contributed by atoms with Gasteiger partial charge in [0.2, 0.25) is 0 Å². The summed E-state index contributed by atoms with van der Waals surface area (Å²) in [6, 6.07) is 0.484. The summed E-state index contributed by atoms with van der Waals surface area (Å²) in [6.45, 7) is 3.90. The number of rotatable bonds is 1. The molecule has 3 aliphatic heterocycles. The van der Waals surface area contributed by atoms with Crippen molar-refractivity contribution in [1.82, 2.24) is 9.80 Å². The number of nitrogens with zero attached hydrogens (tertiary/aromatic N) is 2. The van der Waals surface area contributed by atoms with Crippen LogP contribution in [0, 0.1) is 5.92 Å². The second kappa shape index (κ2) is 4.88. The van der Waals surface area contributed by atoms with Crippen LogP contribution >= 0.6 is 0 Å². The number of hydrogen-bond acceptors (Lipinski definition) is 5. The minimum absolute atomic E-state index is 0.0400. The van der Waals surface area contributed by atoms with Crippen molar-refractivity contribution in [2.45, 2.75) is 49.3 Å². The summed E-state index contributed by atoms with van der Waals surface area (Å²) in [5.74, 6) is 0.424. The van der Waals surface area contributed by atoms with Gasteiger partial charge in [0.1, 0.15) is 6.17 Å². The summed E-state index contributed by atoms with van der Waals surface area (Å²) < 4.78 is 20.0. The van der Waals surface area contributed by atoms with E-state index in [9.17, 15) is 4.39 Å². The molecule has 3 fully saturated rings. The number of hydrogen-bond donors (Lipinski definition) is 2. The Morgan fingerprint density at radius 3 is 2.65 bits per heavy atom. The molecule has 0 aromatic heterocycles. The molecule has 5 nitrogen and oxygen atoms in total. The lowest BCUT2D eigenvalue weighted by Crippen LogP contribution is -2.69. The third-order valence-corrected chi connectivity index (χ3v) is 5.57. The first-order valence-corrected chi connectivity index (χ1v) is 7.52. The fourth-order valence-corrected chi connectivity index (χ4v) is 4.19. The van der Waals surface area contributed by atoms with Gasteiger partial charge < -0.3 is 16.2 Å². The van der Waals surface area contributed by atoms with Gasteiger partial charge in [-0.25, -0.2) is 4.39 Å². The van der Waals surface area contributed by atoms with Crippen molar-refractivity contribution in [1.29, 1.82) is 0 Å². The number of alkyl halides is 1. The minimum atomic E-state index is -0.983. The number of nitrogens with two attached hydrogens (primary N) is 2. The van der Waals surface area contributed by atoms with Gasteiger partial charge in [-0.15, -0.1) is 0 Å². The Hall–Kier alpha value is -0.270. The zero-order chi connectivity index (χ0) is 14.7. The molecule has 116 valence electrons. The molecule has 6 heteroatoms. The highest BCUT2D eigenvalue weighted by Gasteiger charge is 2.53. The highest BCUT2D eigenvalue weighted by molar-refractivity contribution is 5.09. The number of halogens is 1. The standard InChI is InChI=1S/C14H27FN4O/c1-14(17)4-9(18(2)6-10(14)15)12-13-11(16)8(7-20-13)5-19(12)3/h8-13H,4-7,16-17H2,1-3H3/t8-,9?,10?,11-,12?,13+,14?/m1/s1.